The fraction of sp³-hybridized carbons (Fsp3) is 1.00. The van der Waals surface area contributed by atoms with Gasteiger partial charge in [-0.3, -0.25) is 0 Å². The normalized spacial score (nSPS) is 13.5. The van der Waals surface area contributed by atoms with Gasteiger partial charge in [0.2, 0.25) is 0 Å². The van der Waals surface area contributed by atoms with Gasteiger partial charge >= 0.3 is 33.5 Å². The van der Waals surface area contributed by atoms with Gasteiger partial charge in [0.05, 0.1) is 35.2 Å². The van der Waals surface area contributed by atoms with E-state index in [1.165, 1.54) is 21.3 Å². The molecule has 11 radical (unpaired) electrons. The molecule has 0 unspecified atom stereocenters. The van der Waals surface area contributed by atoms with Gasteiger partial charge in [-0.1, -0.05) is 192 Å². The number of hydrogen-bond acceptors (Lipinski definition) is 0. The maximum atomic E-state index is 2.44. The van der Waals surface area contributed by atoms with Crippen LogP contribution in [0, 0.1) is 0 Å². The fourth-order valence-electron chi connectivity index (χ4n) is 4.50. The molecule has 0 aromatic carbocycles. The first-order valence-electron chi connectivity index (χ1n) is 16.3. The molecular weight excluding hydrogens is 805 g/mol. The summed E-state index contributed by atoms with van der Waals surface area (Å²) in [5, 5.41) is 4.36. The van der Waals surface area contributed by atoms with Crippen molar-refractivity contribution in [1.29, 1.82) is 0 Å². The predicted molar refractivity (Wildman–Crippen MR) is 221 cm³/mol. The Kier molecular flexibility index (Phi) is 29.4. The third-order valence-electron chi connectivity index (χ3n) is 9.00. The van der Waals surface area contributed by atoms with Crippen molar-refractivity contribution in [2.75, 3.05) is 0 Å². The van der Waals surface area contributed by atoms with Crippen LogP contribution in [0.3, 0.4) is 0 Å². The quantitative estimate of drug-likeness (QED) is 0.213. The van der Waals surface area contributed by atoms with Crippen molar-refractivity contribution < 1.29 is 0 Å². The van der Waals surface area contributed by atoms with Gasteiger partial charge in [0.15, 0.2) is 0 Å². The third-order valence-corrected chi connectivity index (χ3v) is 27.0. The molecule has 255 valence electrons. The van der Waals surface area contributed by atoms with Crippen molar-refractivity contribution in [1.82, 2.24) is 0 Å². The first-order valence-corrected chi connectivity index (χ1v) is 34.1. The van der Waals surface area contributed by atoms with Gasteiger partial charge in [0.25, 0.3) is 0 Å². The van der Waals surface area contributed by atoms with Crippen molar-refractivity contribution in [3.8, 4) is 0 Å². The number of rotatable bonds is 0. The third kappa shape index (κ3) is 31.8. The van der Waals surface area contributed by atoms with E-state index < -0.39 is 0 Å². The molecular formula is C36H84Ge2InSi4. The molecule has 0 heterocycles. The van der Waals surface area contributed by atoms with Crippen LogP contribution in [0.4, 0.5) is 0 Å². The van der Waals surface area contributed by atoms with Crippen LogP contribution < -0.4 is 0 Å². The van der Waals surface area contributed by atoms with Crippen molar-refractivity contribution >= 4 is 86.3 Å². The van der Waals surface area contributed by atoms with E-state index in [2.05, 4.69) is 205 Å². The van der Waals surface area contributed by atoms with Crippen LogP contribution in [-0.2, 0) is 0 Å². The van der Waals surface area contributed by atoms with E-state index in [4.69, 9.17) is 0 Å². The van der Waals surface area contributed by atoms with Crippen LogP contribution in [0.15, 0.2) is 0 Å². The maximum absolute atomic E-state index is 2.44. The second-order valence-electron chi connectivity index (χ2n) is 20.5. The summed E-state index contributed by atoms with van der Waals surface area (Å²) in [5.41, 5.74) is 0. The second-order valence-corrected chi connectivity index (χ2v) is 37.5. The first kappa shape index (κ1) is 58.1. The molecule has 0 aromatic heterocycles. The van der Waals surface area contributed by atoms with Gasteiger partial charge in [0.1, 0.15) is 0 Å². The van der Waals surface area contributed by atoms with E-state index in [9.17, 15) is 0 Å². The summed E-state index contributed by atoms with van der Waals surface area (Å²) in [6.45, 7) is 66.2. The zero-order valence-electron chi connectivity index (χ0n) is 35.6. The summed E-state index contributed by atoms with van der Waals surface area (Å²) in [5.74, 6) is 0. The van der Waals surface area contributed by atoms with Crippen LogP contribution in [0.1, 0.15) is 166 Å². The van der Waals surface area contributed by atoms with Crippen LogP contribution >= 0.6 is 0 Å². The van der Waals surface area contributed by atoms with Crippen LogP contribution in [0.2, 0.25) is 66.5 Å². The molecule has 0 nitrogen and oxygen atoms in total. The topological polar surface area (TPSA) is 0 Å². The van der Waals surface area contributed by atoms with Crippen molar-refractivity contribution in [3.63, 3.8) is 0 Å². The molecule has 0 spiro atoms. The van der Waals surface area contributed by atoms with Crippen molar-refractivity contribution in [3.05, 3.63) is 0 Å². The number of hydrogen-bond donors (Lipinski definition) is 0. The second kappa shape index (κ2) is 21.8. The Morgan fingerprint density at radius 1 is 0.256 bits per heavy atom. The molecule has 0 bridgehead atoms. The van der Waals surface area contributed by atoms with Crippen LogP contribution in [0.5, 0.6) is 0 Å². The first-order chi connectivity index (χ1) is 17.6. The van der Waals surface area contributed by atoms with Gasteiger partial charge in [-0.05, 0) is 40.3 Å². The molecule has 0 aliphatic rings. The van der Waals surface area contributed by atoms with Gasteiger partial charge in [0, 0.05) is 17.6 Å². The Morgan fingerprint density at radius 2 is 0.302 bits per heavy atom. The van der Waals surface area contributed by atoms with Gasteiger partial charge in [-0.25, -0.2) is 0 Å². The molecule has 0 saturated heterocycles. The molecule has 0 saturated carbocycles. The van der Waals surface area contributed by atoms with Crippen LogP contribution in [-0.4, -0.2) is 86.3 Å². The van der Waals surface area contributed by atoms with Gasteiger partial charge in [-0.15, -0.1) is 0 Å². The van der Waals surface area contributed by atoms with Gasteiger partial charge < -0.3 is 0 Å². The molecule has 7 heteroatoms. The van der Waals surface area contributed by atoms with E-state index in [-0.39, 0.29) is 52.8 Å². The molecule has 0 aliphatic heterocycles. The summed E-state index contributed by atoms with van der Waals surface area (Å²) < 4.78 is 0. The van der Waals surface area contributed by atoms with Crippen molar-refractivity contribution in [2.45, 2.75) is 233 Å². The Bertz CT molecular complexity index is 509. The Hall–Kier alpha value is 2.82. The minimum atomic E-state index is -0.221. The molecule has 43 heavy (non-hydrogen) atoms. The molecule has 0 aromatic rings. The van der Waals surface area contributed by atoms with Crippen LogP contribution in [0.25, 0.3) is 0 Å². The Balaban J connectivity index is -0.000000103. The molecule has 0 atom stereocenters. The summed E-state index contributed by atoms with van der Waals surface area (Å²) in [4.78, 5) is 0. The fourth-order valence-corrected chi connectivity index (χ4v) is 13.5. The van der Waals surface area contributed by atoms with Crippen molar-refractivity contribution in [2.24, 2.45) is 0 Å². The monoisotopic (exact) mass is 891 g/mol. The zero-order chi connectivity index (χ0) is 36.3. The van der Waals surface area contributed by atoms with E-state index in [0.29, 0.717) is 40.3 Å². The average Bonchev–Trinajstić information content (AvgIpc) is 2.69. The summed E-state index contributed by atoms with van der Waals surface area (Å²) in [7, 11) is -0.883. The summed E-state index contributed by atoms with van der Waals surface area (Å²) in [6.07, 6.45) is 0. The molecule has 0 fully saturated rings. The molecule has 0 aliphatic carbocycles. The van der Waals surface area contributed by atoms with E-state index >= 15 is 0 Å². The van der Waals surface area contributed by atoms with E-state index in [1.807, 2.05) is 0 Å². The Morgan fingerprint density at radius 3 is 0.302 bits per heavy atom. The average molecular weight is 889 g/mol. The zero-order valence-corrected chi connectivity index (χ0v) is 47.1. The van der Waals surface area contributed by atoms with E-state index in [1.54, 1.807) is 0 Å². The standard InChI is InChI=1S/4C9H21Si.2Ge.In/c4*1-8(2,3)10(7)9(4,5)6;;;/h4*1-7H3;;;. The molecule has 0 rings (SSSR count). The van der Waals surface area contributed by atoms with Gasteiger partial charge in [-0.2, -0.15) is 0 Å². The SMILES string of the molecule is C[Si](C(C)(C)C)C(C)(C)C.C[Si](C(C)(C)C)C(C)(C)C.C[Si](C(C)(C)C)C(C)(C)C.C[Si](C(C)(C)C)C(C)(C)C.[Ge].[Ge]=[In]. The molecule has 0 amide bonds. The Labute approximate surface area is 316 Å². The van der Waals surface area contributed by atoms with E-state index in [0.717, 1.165) is 0 Å². The predicted octanol–water partition coefficient (Wildman–Crippen LogP) is 13.7. The molecule has 0 N–H and O–H groups in total. The summed E-state index contributed by atoms with van der Waals surface area (Å²) >= 11 is 3.48. The minimum absolute atomic E-state index is 0. The summed E-state index contributed by atoms with van der Waals surface area (Å²) in [6, 6.07) is 0.